The lowest BCUT2D eigenvalue weighted by atomic mass is 10.3. The summed E-state index contributed by atoms with van der Waals surface area (Å²) in [6, 6.07) is 3.70. The molecule has 1 aromatic carbocycles. The van der Waals surface area contributed by atoms with Gasteiger partial charge in [0.25, 0.3) is 0 Å². The topological polar surface area (TPSA) is 93.6 Å². The molecule has 0 fully saturated rings. The van der Waals surface area contributed by atoms with E-state index in [1.54, 1.807) is 0 Å². The monoisotopic (exact) mass is 282 g/mol. The highest BCUT2D eigenvalue weighted by molar-refractivity contribution is 6.32. The SMILES string of the molecule is NC(=NO)c1cnc(Oc2ccc(F)cc2Cl)cn1. The van der Waals surface area contributed by atoms with Gasteiger partial charge in [0.1, 0.15) is 17.3 Å². The molecule has 2 rings (SSSR count). The Morgan fingerprint density at radius 3 is 2.74 bits per heavy atom. The van der Waals surface area contributed by atoms with E-state index in [9.17, 15) is 4.39 Å². The highest BCUT2D eigenvalue weighted by atomic mass is 35.5. The summed E-state index contributed by atoms with van der Waals surface area (Å²) in [6.45, 7) is 0. The molecule has 2 aromatic rings. The van der Waals surface area contributed by atoms with Gasteiger partial charge in [0, 0.05) is 0 Å². The summed E-state index contributed by atoms with van der Waals surface area (Å²) in [5.74, 6) is -0.249. The van der Waals surface area contributed by atoms with E-state index in [2.05, 4.69) is 15.1 Å². The normalized spacial score (nSPS) is 11.4. The van der Waals surface area contributed by atoms with Crippen LogP contribution < -0.4 is 10.5 Å². The molecule has 1 aromatic heterocycles. The zero-order valence-corrected chi connectivity index (χ0v) is 10.2. The molecule has 6 nitrogen and oxygen atoms in total. The maximum absolute atomic E-state index is 12.8. The van der Waals surface area contributed by atoms with Crippen molar-refractivity contribution < 1.29 is 14.3 Å². The largest absolute Gasteiger partial charge is 0.436 e. The number of halogens is 2. The van der Waals surface area contributed by atoms with Crippen LogP contribution in [0.2, 0.25) is 5.02 Å². The predicted molar refractivity (Wildman–Crippen MR) is 66.0 cm³/mol. The Balaban J connectivity index is 2.20. The van der Waals surface area contributed by atoms with E-state index in [1.165, 1.54) is 24.5 Å². The van der Waals surface area contributed by atoms with Crippen LogP contribution >= 0.6 is 11.6 Å². The first-order chi connectivity index (χ1) is 9.10. The molecule has 1 heterocycles. The first-order valence-electron chi connectivity index (χ1n) is 5.03. The lowest BCUT2D eigenvalue weighted by molar-refractivity contribution is 0.318. The number of amidine groups is 1. The van der Waals surface area contributed by atoms with Crippen molar-refractivity contribution in [2.45, 2.75) is 0 Å². The molecule has 19 heavy (non-hydrogen) atoms. The number of hydrogen-bond acceptors (Lipinski definition) is 5. The number of aromatic nitrogens is 2. The second kappa shape index (κ2) is 5.49. The van der Waals surface area contributed by atoms with Crippen LogP contribution in [-0.2, 0) is 0 Å². The van der Waals surface area contributed by atoms with Crippen LogP contribution in [0.1, 0.15) is 5.69 Å². The number of benzene rings is 1. The van der Waals surface area contributed by atoms with Crippen LogP contribution in [0, 0.1) is 5.82 Å². The molecule has 0 saturated heterocycles. The maximum atomic E-state index is 12.8. The molecule has 0 saturated carbocycles. The lowest BCUT2D eigenvalue weighted by Crippen LogP contribution is -2.15. The van der Waals surface area contributed by atoms with Crippen LogP contribution in [0.15, 0.2) is 35.7 Å². The van der Waals surface area contributed by atoms with Crippen LogP contribution in [0.3, 0.4) is 0 Å². The van der Waals surface area contributed by atoms with Gasteiger partial charge in [0.05, 0.1) is 17.4 Å². The van der Waals surface area contributed by atoms with E-state index in [-0.39, 0.29) is 28.2 Å². The molecule has 0 atom stereocenters. The number of hydrogen-bond donors (Lipinski definition) is 2. The van der Waals surface area contributed by atoms with Gasteiger partial charge in [-0.2, -0.15) is 0 Å². The molecule has 3 N–H and O–H groups in total. The number of oxime groups is 1. The van der Waals surface area contributed by atoms with Crippen LogP contribution in [0.5, 0.6) is 11.6 Å². The lowest BCUT2D eigenvalue weighted by Gasteiger charge is -2.06. The Hall–Kier alpha value is -2.41. The molecule has 0 unspecified atom stereocenters. The van der Waals surface area contributed by atoms with E-state index in [0.29, 0.717) is 0 Å². The Labute approximate surface area is 112 Å². The number of rotatable bonds is 3. The average molecular weight is 283 g/mol. The van der Waals surface area contributed by atoms with Crippen molar-refractivity contribution in [2.75, 3.05) is 0 Å². The van der Waals surface area contributed by atoms with Crippen molar-refractivity contribution in [1.29, 1.82) is 0 Å². The summed E-state index contributed by atoms with van der Waals surface area (Å²) in [6.07, 6.45) is 2.54. The zero-order valence-electron chi connectivity index (χ0n) is 9.42. The van der Waals surface area contributed by atoms with Crippen molar-refractivity contribution in [1.82, 2.24) is 9.97 Å². The van der Waals surface area contributed by atoms with Gasteiger partial charge in [-0.3, -0.25) is 0 Å². The fourth-order valence-corrected chi connectivity index (χ4v) is 1.43. The molecular formula is C11H8ClFN4O2. The molecule has 0 bridgehead atoms. The zero-order chi connectivity index (χ0) is 13.8. The van der Waals surface area contributed by atoms with Crippen molar-refractivity contribution in [3.63, 3.8) is 0 Å². The van der Waals surface area contributed by atoms with Crippen LogP contribution in [-0.4, -0.2) is 21.0 Å². The number of ether oxygens (including phenoxy) is 1. The van der Waals surface area contributed by atoms with Crippen molar-refractivity contribution in [3.8, 4) is 11.6 Å². The second-order valence-corrected chi connectivity index (χ2v) is 3.81. The summed E-state index contributed by atoms with van der Waals surface area (Å²) in [7, 11) is 0. The van der Waals surface area contributed by atoms with Crippen molar-refractivity contribution >= 4 is 17.4 Å². The summed E-state index contributed by atoms with van der Waals surface area (Å²) in [4.78, 5) is 7.77. The van der Waals surface area contributed by atoms with Crippen LogP contribution in [0.4, 0.5) is 4.39 Å². The van der Waals surface area contributed by atoms with Gasteiger partial charge >= 0.3 is 0 Å². The van der Waals surface area contributed by atoms with Crippen molar-refractivity contribution in [2.24, 2.45) is 10.9 Å². The summed E-state index contributed by atoms with van der Waals surface area (Å²) in [5.41, 5.74) is 5.53. The Bertz CT molecular complexity index is 619. The molecule has 8 heteroatoms. The van der Waals surface area contributed by atoms with E-state index in [0.717, 1.165) is 6.07 Å². The minimum absolute atomic E-state index is 0.113. The van der Waals surface area contributed by atoms with Crippen molar-refractivity contribution in [3.05, 3.63) is 47.1 Å². The second-order valence-electron chi connectivity index (χ2n) is 3.40. The minimum Gasteiger partial charge on any atom is -0.436 e. The van der Waals surface area contributed by atoms with Crippen LogP contribution in [0.25, 0.3) is 0 Å². The predicted octanol–water partition coefficient (Wildman–Crippen LogP) is 2.16. The third-order valence-corrected chi connectivity index (χ3v) is 2.40. The van der Waals surface area contributed by atoms with Gasteiger partial charge in [-0.1, -0.05) is 16.8 Å². The standard InChI is InChI=1S/C11H8ClFN4O2/c12-7-3-6(13)1-2-9(7)19-10-5-15-8(4-16-10)11(14)17-18/h1-5,18H,(H2,14,17). The smallest absolute Gasteiger partial charge is 0.237 e. The average Bonchev–Trinajstić information content (AvgIpc) is 2.42. The van der Waals surface area contributed by atoms with Gasteiger partial charge in [0.2, 0.25) is 5.88 Å². The molecule has 0 aliphatic carbocycles. The molecule has 0 aliphatic heterocycles. The molecular weight excluding hydrogens is 275 g/mol. The summed E-state index contributed by atoms with van der Waals surface area (Å²) in [5, 5.41) is 11.4. The van der Waals surface area contributed by atoms with E-state index in [4.69, 9.17) is 27.3 Å². The van der Waals surface area contributed by atoms with E-state index < -0.39 is 5.82 Å². The Morgan fingerprint density at radius 1 is 1.37 bits per heavy atom. The van der Waals surface area contributed by atoms with Gasteiger partial charge < -0.3 is 15.7 Å². The molecule has 0 radical (unpaired) electrons. The summed E-state index contributed by atoms with van der Waals surface area (Å²) >= 11 is 5.80. The van der Waals surface area contributed by atoms with E-state index >= 15 is 0 Å². The molecule has 0 amide bonds. The number of nitrogens with two attached hydrogens (primary N) is 1. The first kappa shape index (κ1) is 13.0. The highest BCUT2D eigenvalue weighted by Gasteiger charge is 2.07. The first-order valence-corrected chi connectivity index (χ1v) is 5.41. The maximum Gasteiger partial charge on any atom is 0.237 e. The quantitative estimate of drug-likeness (QED) is 0.389. The van der Waals surface area contributed by atoms with Gasteiger partial charge in [-0.05, 0) is 18.2 Å². The number of nitrogens with zero attached hydrogens (tertiary/aromatic N) is 3. The fourth-order valence-electron chi connectivity index (χ4n) is 1.22. The molecule has 0 spiro atoms. The fraction of sp³-hybridized carbons (Fsp3) is 0. The molecule has 98 valence electrons. The third kappa shape index (κ3) is 3.08. The van der Waals surface area contributed by atoms with Gasteiger partial charge in [-0.25, -0.2) is 14.4 Å². The Kier molecular flexibility index (Phi) is 3.76. The van der Waals surface area contributed by atoms with Gasteiger partial charge in [-0.15, -0.1) is 0 Å². The molecule has 0 aliphatic rings. The Morgan fingerprint density at radius 2 is 2.16 bits per heavy atom. The van der Waals surface area contributed by atoms with E-state index in [1.807, 2.05) is 0 Å². The minimum atomic E-state index is -0.467. The highest BCUT2D eigenvalue weighted by Crippen LogP contribution is 2.28. The van der Waals surface area contributed by atoms with Gasteiger partial charge in [0.15, 0.2) is 5.84 Å². The summed E-state index contributed by atoms with van der Waals surface area (Å²) < 4.78 is 18.2. The third-order valence-electron chi connectivity index (χ3n) is 2.11.